The van der Waals surface area contributed by atoms with E-state index in [1.54, 1.807) is 0 Å². The van der Waals surface area contributed by atoms with Crippen molar-refractivity contribution < 1.29 is 4.79 Å². The lowest BCUT2D eigenvalue weighted by atomic mass is 10.1. The Labute approximate surface area is 127 Å². The summed E-state index contributed by atoms with van der Waals surface area (Å²) >= 11 is 0. The van der Waals surface area contributed by atoms with E-state index < -0.39 is 0 Å². The normalized spacial score (nSPS) is 17.8. The van der Waals surface area contributed by atoms with E-state index in [0.717, 1.165) is 39.1 Å². The Morgan fingerprint density at radius 1 is 1.29 bits per heavy atom. The zero-order valence-corrected chi connectivity index (χ0v) is 13.2. The lowest BCUT2D eigenvalue weighted by Crippen LogP contribution is -2.48. The number of amides is 1. The van der Waals surface area contributed by atoms with Crippen molar-refractivity contribution in [2.75, 3.05) is 26.2 Å². The number of carbonyl (C=O) groups is 1. The predicted molar refractivity (Wildman–Crippen MR) is 85.9 cm³/mol. The van der Waals surface area contributed by atoms with Crippen LogP contribution < -0.4 is 5.73 Å². The molecule has 0 spiro atoms. The average Bonchev–Trinajstić information content (AvgIpc) is 2.45. The molecule has 1 saturated heterocycles. The zero-order chi connectivity index (χ0) is 15.2. The number of hydrogen-bond acceptors (Lipinski definition) is 3. The number of nitrogens with zero attached hydrogens (tertiary/aromatic N) is 2. The van der Waals surface area contributed by atoms with Crippen LogP contribution in [0.2, 0.25) is 0 Å². The Kier molecular flexibility index (Phi) is 5.76. The minimum absolute atomic E-state index is 0.108. The Morgan fingerprint density at radius 2 is 2.00 bits per heavy atom. The summed E-state index contributed by atoms with van der Waals surface area (Å²) in [4.78, 5) is 16.5. The molecule has 1 aliphatic heterocycles. The molecule has 1 aromatic rings. The van der Waals surface area contributed by atoms with Crippen LogP contribution >= 0.6 is 0 Å². The second kappa shape index (κ2) is 7.57. The first kappa shape index (κ1) is 16.0. The van der Waals surface area contributed by atoms with Crippen LogP contribution in [0.3, 0.4) is 0 Å². The van der Waals surface area contributed by atoms with Crippen molar-refractivity contribution >= 4 is 5.91 Å². The first-order valence-corrected chi connectivity index (χ1v) is 7.86. The maximum atomic E-state index is 12.1. The Morgan fingerprint density at radius 3 is 2.62 bits per heavy atom. The summed E-state index contributed by atoms with van der Waals surface area (Å²) in [6, 6.07) is 8.75. The van der Waals surface area contributed by atoms with Crippen LogP contribution in [0.15, 0.2) is 24.3 Å². The number of nitrogens with two attached hydrogens (primary N) is 1. The molecule has 4 heteroatoms. The van der Waals surface area contributed by atoms with Crippen molar-refractivity contribution in [1.29, 1.82) is 0 Å². The van der Waals surface area contributed by atoms with Crippen molar-refractivity contribution in [2.24, 2.45) is 5.73 Å². The molecule has 0 bridgehead atoms. The third-order valence-corrected chi connectivity index (χ3v) is 4.03. The molecule has 1 atom stereocenters. The second-order valence-corrected chi connectivity index (χ2v) is 6.16. The summed E-state index contributed by atoms with van der Waals surface area (Å²) in [5.74, 6) is 0.252. The highest BCUT2D eigenvalue weighted by Crippen LogP contribution is 2.11. The van der Waals surface area contributed by atoms with E-state index in [1.807, 2.05) is 11.8 Å². The fourth-order valence-electron chi connectivity index (χ4n) is 2.73. The number of hydrogen-bond donors (Lipinski definition) is 1. The van der Waals surface area contributed by atoms with Crippen molar-refractivity contribution in [1.82, 2.24) is 9.80 Å². The lowest BCUT2D eigenvalue weighted by Gasteiger charge is -2.35. The van der Waals surface area contributed by atoms with Gasteiger partial charge in [-0.05, 0) is 25.8 Å². The van der Waals surface area contributed by atoms with E-state index in [-0.39, 0.29) is 11.9 Å². The molecular weight excluding hydrogens is 262 g/mol. The monoisotopic (exact) mass is 289 g/mol. The number of carbonyl (C=O) groups excluding carboxylic acids is 1. The summed E-state index contributed by atoms with van der Waals surface area (Å²) in [7, 11) is 0. The van der Waals surface area contributed by atoms with Gasteiger partial charge in [-0.15, -0.1) is 0 Å². The molecule has 0 aliphatic carbocycles. The van der Waals surface area contributed by atoms with Gasteiger partial charge < -0.3 is 10.6 Å². The fourth-order valence-corrected chi connectivity index (χ4v) is 2.73. The van der Waals surface area contributed by atoms with Gasteiger partial charge in [0.1, 0.15) is 0 Å². The van der Waals surface area contributed by atoms with Crippen molar-refractivity contribution in [3.63, 3.8) is 0 Å². The summed E-state index contributed by atoms with van der Waals surface area (Å²) in [5.41, 5.74) is 8.37. The minimum Gasteiger partial charge on any atom is -0.340 e. The zero-order valence-electron chi connectivity index (χ0n) is 13.2. The molecule has 1 fully saturated rings. The van der Waals surface area contributed by atoms with Gasteiger partial charge in [0.2, 0.25) is 5.91 Å². The van der Waals surface area contributed by atoms with Crippen LogP contribution in [0.25, 0.3) is 0 Å². The van der Waals surface area contributed by atoms with Crippen LogP contribution in [0, 0.1) is 6.92 Å². The summed E-state index contributed by atoms with van der Waals surface area (Å²) in [5, 5.41) is 0. The van der Waals surface area contributed by atoms with Gasteiger partial charge in [0.15, 0.2) is 0 Å². The molecule has 1 heterocycles. The maximum absolute atomic E-state index is 12.1. The molecule has 1 aliphatic rings. The quantitative estimate of drug-likeness (QED) is 0.898. The molecule has 2 N–H and O–H groups in total. The molecule has 0 radical (unpaired) electrons. The van der Waals surface area contributed by atoms with E-state index in [2.05, 4.69) is 36.1 Å². The highest BCUT2D eigenvalue weighted by atomic mass is 16.2. The first-order valence-electron chi connectivity index (χ1n) is 7.86. The molecule has 1 aromatic carbocycles. The van der Waals surface area contributed by atoms with E-state index >= 15 is 0 Å². The largest absolute Gasteiger partial charge is 0.340 e. The molecule has 21 heavy (non-hydrogen) atoms. The molecular formula is C17H27N3O. The van der Waals surface area contributed by atoms with Crippen LogP contribution in [0.4, 0.5) is 0 Å². The first-order chi connectivity index (χ1) is 10.0. The standard InChI is InChI=1S/C17H27N3O/c1-14-4-3-5-16(12-14)13-19-8-10-20(11-9-19)17(21)7-6-15(2)18/h3-5,12,15H,6-11,13,18H2,1-2H3. The predicted octanol–water partition coefficient (Wildman–Crippen LogP) is 1.77. The number of rotatable bonds is 5. The molecule has 4 nitrogen and oxygen atoms in total. The number of benzene rings is 1. The van der Waals surface area contributed by atoms with E-state index in [4.69, 9.17) is 5.73 Å². The second-order valence-electron chi connectivity index (χ2n) is 6.16. The lowest BCUT2D eigenvalue weighted by molar-refractivity contribution is -0.133. The third kappa shape index (κ3) is 5.14. The molecule has 2 rings (SSSR count). The van der Waals surface area contributed by atoms with Gasteiger partial charge in [0.05, 0.1) is 0 Å². The highest BCUT2D eigenvalue weighted by molar-refractivity contribution is 5.76. The van der Waals surface area contributed by atoms with Crippen LogP contribution in [-0.2, 0) is 11.3 Å². The highest BCUT2D eigenvalue weighted by Gasteiger charge is 2.20. The maximum Gasteiger partial charge on any atom is 0.222 e. The van der Waals surface area contributed by atoms with Gasteiger partial charge in [0, 0.05) is 45.2 Å². The summed E-state index contributed by atoms with van der Waals surface area (Å²) < 4.78 is 0. The topological polar surface area (TPSA) is 49.6 Å². The molecule has 1 unspecified atom stereocenters. The van der Waals surface area contributed by atoms with Gasteiger partial charge in [-0.3, -0.25) is 9.69 Å². The van der Waals surface area contributed by atoms with Gasteiger partial charge in [-0.2, -0.15) is 0 Å². The van der Waals surface area contributed by atoms with Crippen molar-refractivity contribution in [3.05, 3.63) is 35.4 Å². The van der Waals surface area contributed by atoms with E-state index in [0.29, 0.717) is 6.42 Å². The smallest absolute Gasteiger partial charge is 0.222 e. The van der Waals surface area contributed by atoms with Gasteiger partial charge in [-0.1, -0.05) is 29.8 Å². The summed E-state index contributed by atoms with van der Waals surface area (Å²) in [6.45, 7) is 8.64. The Bertz CT molecular complexity index is 465. The summed E-state index contributed by atoms with van der Waals surface area (Å²) in [6.07, 6.45) is 1.36. The van der Waals surface area contributed by atoms with Gasteiger partial charge in [-0.25, -0.2) is 0 Å². The van der Waals surface area contributed by atoms with Crippen LogP contribution in [0.1, 0.15) is 30.9 Å². The van der Waals surface area contributed by atoms with Gasteiger partial charge >= 0.3 is 0 Å². The molecule has 1 amide bonds. The van der Waals surface area contributed by atoms with Crippen molar-refractivity contribution in [3.8, 4) is 0 Å². The molecule has 0 aromatic heterocycles. The van der Waals surface area contributed by atoms with Crippen LogP contribution in [0.5, 0.6) is 0 Å². The minimum atomic E-state index is 0.108. The van der Waals surface area contributed by atoms with Crippen LogP contribution in [-0.4, -0.2) is 47.9 Å². The van der Waals surface area contributed by atoms with Gasteiger partial charge in [0.25, 0.3) is 0 Å². The number of piperazine rings is 1. The molecule has 116 valence electrons. The third-order valence-electron chi connectivity index (χ3n) is 4.03. The number of aryl methyl sites for hydroxylation is 1. The fraction of sp³-hybridized carbons (Fsp3) is 0.588. The average molecular weight is 289 g/mol. The molecule has 0 saturated carbocycles. The van der Waals surface area contributed by atoms with E-state index in [1.165, 1.54) is 11.1 Å². The SMILES string of the molecule is Cc1cccc(CN2CCN(C(=O)CCC(C)N)CC2)c1. The Balaban J connectivity index is 1.76. The van der Waals surface area contributed by atoms with E-state index in [9.17, 15) is 4.79 Å². The van der Waals surface area contributed by atoms with Crippen molar-refractivity contribution in [2.45, 2.75) is 39.3 Å². The Hall–Kier alpha value is -1.39.